The normalized spacial score (nSPS) is 20.4. The summed E-state index contributed by atoms with van der Waals surface area (Å²) in [5.41, 5.74) is 3.63. The van der Waals surface area contributed by atoms with Gasteiger partial charge in [0.1, 0.15) is 5.50 Å². The minimum atomic E-state index is 0.0612. The molecule has 0 fully saturated rings. The van der Waals surface area contributed by atoms with E-state index in [1.807, 2.05) is 12.1 Å². The van der Waals surface area contributed by atoms with E-state index >= 15 is 0 Å². The smallest absolute Gasteiger partial charge is 0.143 e. The standard InChI is InChI=1S/C8H10N2S/c1-5-3-2-4-6-7(5)10-8(11)9-6/h2-4,8-11H,1H3. The molecule has 58 valence electrons. The molecule has 1 aromatic carbocycles. The number of nitrogens with one attached hydrogen (secondary N) is 2. The third-order valence-corrected chi connectivity index (χ3v) is 2.10. The van der Waals surface area contributed by atoms with Crippen molar-refractivity contribution >= 4 is 24.0 Å². The molecule has 1 atom stereocenters. The molecule has 1 aliphatic heterocycles. The summed E-state index contributed by atoms with van der Waals surface area (Å²) in [4.78, 5) is 0. The Morgan fingerprint density at radius 1 is 1.36 bits per heavy atom. The molecular weight excluding hydrogens is 156 g/mol. The highest BCUT2D eigenvalue weighted by molar-refractivity contribution is 7.81. The summed E-state index contributed by atoms with van der Waals surface area (Å²) in [5, 5.41) is 6.41. The Bertz CT molecular complexity index is 285. The maximum atomic E-state index is 4.26. The van der Waals surface area contributed by atoms with E-state index < -0.39 is 0 Å². The van der Waals surface area contributed by atoms with E-state index in [-0.39, 0.29) is 5.50 Å². The third kappa shape index (κ3) is 1.05. The fraction of sp³-hybridized carbons (Fsp3) is 0.250. The second-order valence-electron chi connectivity index (χ2n) is 2.69. The van der Waals surface area contributed by atoms with Gasteiger partial charge < -0.3 is 10.6 Å². The van der Waals surface area contributed by atoms with Crippen LogP contribution in [0.3, 0.4) is 0 Å². The van der Waals surface area contributed by atoms with Crippen LogP contribution >= 0.6 is 12.6 Å². The largest absolute Gasteiger partial charge is 0.355 e. The van der Waals surface area contributed by atoms with Gasteiger partial charge in [-0.25, -0.2) is 0 Å². The average Bonchev–Trinajstić information content (AvgIpc) is 2.31. The second kappa shape index (κ2) is 2.34. The number of fused-ring (bicyclic) bond motifs is 1. The molecule has 2 rings (SSSR count). The van der Waals surface area contributed by atoms with E-state index in [9.17, 15) is 0 Å². The highest BCUT2D eigenvalue weighted by Gasteiger charge is 2.16. The van der Waals surface area contributed by atoms with Gasteiger partial charge in [-0.1, -0.05) is 12.1 Å². The summed E-state index contributed by atoms with van der Waals surface area (Å²) in [6.45, 7) is 2.08. The number of anilines is 2. The highest BCUT2D eigenvalue weighted by atomic mass is 32.1. The van der Waals surface area contributed by atoms with Crippen LogP contribution in [0.1, 0.15) is 5.56 Å². The molecule has 0 saturated heterocycles. The lowest BCUT2D eigenvalue weighted by atomic mass is 10.2. The Labute approximate surface area is 71.4 Å². The van der Waals surface area contributed by atoms with Gasteiger partial charge in [-0.3, -0.25) is 0 Å². The first kappa shape index (κ1) is 6.85. The quantitative estimate of drug-likeness (QED) is 0.514. The van der Waals surface area contributed by atoms with Crippen LogP contribution in [0.15, 0.2) is 18.2 Å². The predicted octanol–water partition coefficient (Wildman–Crippen LogP) is 2.05. The van der Waals surface area contributed by atoms with Gasteiger partial charge in [0.15, 0.2) is 0 Å². The molecule has 0 amide bonds. The molecular formula is C8H10N2S. The molecule has 11 heavy (non-hydrogen) atoms. The predicted molar refractivity (Wildman–Crippen MR) is 51.2 cm³/mol. The van der Waals surface area contributed by atoms with Crippen molar-refractivity contribution in [1.82, 2.24) is 0 Å². The summed E-state index contributed by atoms with van der Waals surface area (Å²) in [6, 6.07) is 6.17. The van der Waals surface area contributed by atoms with Crippen LogP contribution in [0.5, 0.6) is 0 Å². The lowest BCUT2D eigenvalue weighted by Crippen LogP contribution is -2.13. The molecule has 3 heteroatoms. The zero-order valence-corrected chi connectivity index (χ0v) is 7.15. The first-order valence-electron chi connectivity index (χ1n) is 3.58. The van der Waals surface area contributed by atoms with E-state index in [1.54, 1.807) is 0 Å². The van der Waals surface area contributed by atoms with Crippen LogP contribution in [-0.2, 0) is 0 Å². The van der Waals surface area contributed by atoms with Crippen molar-refractivity contribution in [2.45, 2.75) is 12.4 Å². The van der Waals surface area contributed by atoms with Crippen molar-refractivity contribution in [2.75, 3.05) is 10.6 Å². The van der Waals surface area contributed by atoms with Crippen molar-refractivity contribution < 1.29 is 0 Å². The van der Waals surface area contributed by atoms with Crippen LogP contribution in [0.2, 0.25) is 0 Å². The number of para-hydroxylation sites is 1. The van der Waals surface area contributed by atoms with Crippen molar-refractivity contribution in [3.05, 3.63) is 23.8 Å². The number of thiol groups is 1. The monoisotopic (exact) mass is 166 g/mol. The van der Waals surface area contributed by atoms with Crippen LogP contribution in [0.25, 0.3) is 0 Å². The summed E-state index contributed by atoms with van der Waals surface area (Å²) in [5.74, 6) is 0. The first-order chi connectivity index (χ1) is 5.27. The Kier molecular flexibility index (Phi) is 1.46. The molecule has 1 aliphatic rings. The van der Waals surface area contributed by atoms with Gasteiger partial charge >= 0.3 is 0 Å². The lowest BCUT2D eigenvalue weighted by Gasteiger charge is -2.02. The van der Waals surface area contributed by atoms with Gasteiger partial charge in [-0.05, 0) is 18.6 Å². The molecule has 2 nitrogen and oxygen atoms in total. The molecule has 0 saturated carbocycles. The molecule has 0 aliphatic carbocycles. The Morgan fingerprint density at radius 3 is 2.91 bits per heavy atom. The van der Waals surface area contributed by atoms with Crippen LogP contribution in [0, 0.1) is 6.92 Å². The number of aryl methyl sites for hydroxylation is 1. The fourth-order valence-corrected chi connectivity index (χ4v) is 1.57. The molecule has 0 aromatic heterocycles. The third-order valence-electron chi connectivity index (χ3n) is 1.85. The van der Waals surface area contributed by atoms with Gasteiger partial charge in [0, 0.05) is 0 Å². The van der Waals surface area contributed by atoms with Gasteiger partial charge in [-0.15, -0.1) is 12.6 Å². The Balaban J connectivity index is 2.49. The minimum absolute atomic E-state index is 0.0612. The summed E-state index contributed by atoms with van der Waals surface area (Å²) in [6.07, 6.45) is 0. The fourth-order valence-electron chi connectivity index (χ4n) is 1.30. The number of hydrogen-bond acceptors (Lipinski definition) is 3. The molecule has 1 heterocycles. The summed E-state index contributed by atoms with van der Waals surface area (Å²) >= 11 is 4.26. The van der Waals surface area contributed by atoms with Gasteiger partial charge in [0.25, 0.3) is 0 Å². The first-order valence-corrected chi connectivity index (χ1v) is 4.10. The zero-order chi connectivity index (χ0) is 7.84. The summed E-state index contributed by atoms with van der Waals surface area (Å²) in [7, 11) is 0. The molecule has 1 aromatic rings. The minimum Gasteiger partial charge on any atom is -0.355 e. The maximum Gasteiger partial charge on any atom is 0.143 e. The lowest BCUT2D eigenvalue weighted by molar-refractivity contribution is 1.22. The number of rotatable bonds is 0. The topological polar surface area (TPSA) is 24.1 Å². The molecule has 0 radical (unpaired) electrons. The van der Waals surface area contributed by atoms with Crippen molar-refractivity contribution in [2.24, 2.45) is 0 Å². The average molecular weight is 166 g/mol. The van der Waals surface area contributed by atoms with Gasteiger partial charge in [-0.2, -0.15) is 0 Å². The number of hydrogen-bond donors (Lipinski definition) is 3. The van der Waals surface area contributed by atoms with E-state index in [0.29, 0.717) is 0 Å². The molecule has 0 spiro atoms. The second-order valence-corrected chi connectivity index (χ2v) is 3.21. The van der Waals surface area contributed by atoms with Gasteiger partial charge in [0.05, 0.1) is 11.4 Å². The van der Waals surface area contributed by atoms with Crippen LogP contribution < -0.4 is 10.6 Å². The van der Waals surface area contributed by atoms with Crippen molar-refractivity contribution in [1.29, 1.82) is 0 Å². The van der Waals surface area contributed by atoms with E-state index in [0.717, 1.165) is 5.69 Å². The van der Waals surface area contributed by atoms with E-state index in [1.165, 1.54) is 11.3 Å². The van der Waals surface area contributed by atoms with E-state index in [4.69, 9.17) is 0 Å². The van der Waals surface area contributed by atoms with Crippen LogP contribution in [-0.4, -0.2) is 5.50 Å². The zero-order valence-electron chi connectivity index (χ0n) is 6.26. The maximum absolute atomic E-state index is 4.26. The van der Waals surface area contributed by atoms with Gasteiger partial charge in [0.2, 0.25) is 0 Å². The highest BCUT2D eigenvalue weighted by Crippen LogP contribution is 2.32. The molecule has 1 unspecified atom stereocenters. The Morgan fingerprint density at radius 2 is 2.18 bits per heavy atom. The van der Waals surface area contributed by atoms with Crippen molar-refractivity contribution in [3.8, 4) is 0 Å². The SMILES string of the molecule is Cc1cccc2c1NC(S)N2. The van der Waals surface area contributed by atoms with Crippen LogP contribution in [0.4, 0.5) is 11.4 Å². The van der Waals surface area contributed by atoms with E-state index in [2.05, 4.69) is 36.3 Å². The molecule has 2 N–H and O–H groups in total. The Hall–Kier alpha value is -0.830. The molecule has 0 bridgehead atoms. The van der Waals surface area contributed by atoms with Crippen molar-refractivity contribution in [3.63, 3.8) is 0 Å². The summed E-state index contributed by atoms with van der Waals surface area (Å²) < 4.78 is 0. The number of benzene rings is 1.